The van der Waals surface area contributed by atoms with Crippen LogP contribution in [0.1, 0.15) is 271 Å². The molecule has 6 heteroatoms. The lowest BCUT2D eigenvalue weighted by Crippen LogP contribution is -2.30. The Balaban J connectivity index is 4.26. The minimum Gasteiger partial charge on any atom is -0.462 e. The van der Waals surface area contributed by atoms with Gasteiger partial charge >= 0.3 is 17.9 Å². The topological polar surface area (TPSA) is 78.9 Å². The Bertz CT molecular complexity index is 1320. The van der Waals surface area contributed by atoms with Crippen LogP contribution in [-0.4, -0.2) is 37.2 Å². The number of ether oxygens (including phenoxy) is 3. The summed E-state index contributed by atoms with van der Waals surface area (Å²) in [4.78, 5) is 38.1. The standard InChI is InChI=1S/C62H106O6/c1-4-7-10-13-16-19-22-24-26-27-28-29-30-31-32-33-34-35-36-38-40-43-46-49-52-55-61(64)67-58-59(57-66-60(63)54-51-48-45-42-39-21-18-15-12-9-6-3)68-62(65)56-53-50-47-44-41-37-25-23-20-17-14-11-8-5-2/h7,10,14-19,23-26,28-29,59H,4-6,8-9,11-13,20-22,27,30-58H2,1-3H3/b10-7-,17-14-,18-15-,19-16-,25-23-,26-24-,29-28-. The Morgan fingerprint density at radius 2 is 0.574 bits per heavy atom. The molecule has 0 rings (SSSR count). The number of allylic oxidation sites excluding steroid dienone is 14. The Kier molecular flexibility index (Phi) is 53.4. The molecule has 0 saturated heterocycles. The van der Waals surface area contributed by atoms with Crippen molar-refractivity contribution in [2.45, 2.75) is 277 Å². The van der Waals surface area contributed by atoms with Crippen molar-refractivity contribution < 1.29 is 28.6 Å². The van der Waals surface area contributed by atoms with Crippen LogP contribution < -0.4 is 0 Å². The minimum atomic E-state index is -0.787. The van der Waals surface area contributed by atoms with Gasteiger partial charge in [-0.05, 0) is 103 Å². The van der Waals surface area contributed by atoms with E-state index in [0.717, 1.165) is 116 Å². The molecule has 0 amide bonds. The highest BCUT2D eigenvalue weighted by Gasteiger charge is 2.19. The van der Waals surface area contributed by atoms with Crippen molar-refractivity contribution in [3.05, 3.63) is 85.1 Å². The van der Waals surface area contributed by atoms with Gasteiger partial charge in [0.2, 0.25) is 0 Å². The number of unbranched alkanes of at least 4 members (excludes halogenated alkanes) is 26. The van der Waals surface area contributed by atoms with E-state index >= 15 is 0 Å². The molecule has 0 radical (unpaired) electrons. The first-order valence-corrected chi connectivity index (χ1v) is 28.6. The second-order valence-electron chi connectivity index (χ2n) is 18.8. The van der Waals surface area contributed by atoms with Crippen LogP contribution in [0.25, 0.3) is 0 Å². The summed E-state index contributed by atoms with van der Waals surface area (Å²) in [6.45, 7) is 6.44. The van der Waals surface area contributed by atoms with Crippen LogP contribution in [0.4, 0.5) is 0 Å². The maximum atomic E-state index is 12.8. The molecule has 1 atom stereocenters. The Hall–Kier alpha value is -3.41. The van der Waals surface area contributed by atoms with Crippen LogP contribution in [-0.2, 0) is 28.6 Å². The fraction of sp³-hybridized carbons (Fsp3) is 0.726. The van der Waals surface area contributed by atoms with Crippen molar-refractivity contribution in [3.63, 3.8) is 0 Å². The second kappa shape index (κ2) is 56.2. The van der Waals surface area contributed by atoms with E-state index in [0.29, 0.717) is 19.3 Å². The van der Waals surface area contributed by atoms with Gasteiger partial charge in [0, 0.05) is 19.3 Å². The molecule has 0 aliphatic carbocycles. The highest BCUT2D eigenvalue weighted by atomic mass is 16.6. The van der Waals surface area contributed by atoms with E-state index in [-0.39, 0.29) is 31.1 Å². The second-order valence-corrected chi connectivity index (χ2v) is 18.8. The number of hydrogen-bond acceptors (Lipinski definition) is 6. The fourth-order valence-corrected chi connectivity index (χ4v) is 7.78. The molecule has 6 nitrogen and oxygen atoms in total. The van der Waals surface area contributed by atoms with Crippen LogP contribution in [0.2, 0.25) is 0 Å². The molecule has 0 aliphatic heterocycles. The van der Waals surface area contributed by atoms with E-state index < -0.39 is 6.10 Å². The van der Waals surface area contributed by atoms with Crippen LogP contribution >= 0.6 is 0 Å². The van der Waals surface area contributed by atoms with E-state index in [9.17, 15) is 14.4 Å². The average molecular weight is 948 g/mol. The van der Waals surface area contributed by atoms with Crippen LogP contribution in [0.5, 0.6) is 0 Å². The van der Waals surface area contributed by atoms with Crippen molar-refractivity contribution in [2.75, 3.05) is 13.2 Å². The lowest BCUT2D eigenvalue weighted by Gasteiger charge is -2.18. The SMILES string of the molecule is CC/C=C\C/C=C\C/C=C\C/C=C\CCCCCCCCCCCCCCC(=O)OCC(COC(=O)CCCCCCC/C=C\CCCC)OC(=O)CCCCCCC/C=C\C/C=C\CCCC. The first-order valence-electron chi connectivity index (χ1n) is 28.6. The first kappa shape index (κ1) is 64.6. The van der Waals surface area contributed by atoms with Crippen LogP contribution in [0.15, 0.2) is 85.1 Å². The third-order valence-corrected chi connectivity index (χ3v) is 12.1. The lowest BCUT2D eigenvalue weighted by molar-refractivity contribution is -0.167. The summed E-state index contributed by atoms with van der Waals surface area (Å²) >= 11 is 0. The largest absolute Gasteiger partial charge is 0.462 e. The van der Waals surface area contributed by atoms with Gasteiger partial charge in [-0.3, -0.25) is 14.4 Å². The molecule has 0 spiro atoms. The summed E-state index contributed by atoms with van der Waals surface area (Å²) in [6.07, 6.45) is 72.9. The highest BCUT2D eigenvalue weighted by Crippen LogP contribution is 2.15. The van der Waals surface area contributed by atoms with E-state index in [1.54, 1.807) is 0 Å². The zero-order chi connectivity index (χ0) is 49.3. The third kappa shape index (κ3) is 53.5. The van der Waals surface area contributed by atoms with Gasteiger partial charge in [0.15, 0.2) is 6.10 Å². The van der Waals surface area contributed by atoms with Crippen molar-refractivity contribution in [1.29, 1.82) is 0 Å². The van der Waals surface area contributed by atoms with Crippen molar-refractivity contribution in [3.8, 4) is 0 Å². The quantitative estimate of drug-likeness (QED) is 0.0262. The van der Waals surface area contributed by atoms with E-state index in [4.69, 9.17) is 14.2 Å². The van der Waals surface area contributed by atoms with Crippen LogP contribution in [0.3, 0.4) is 0 Å². The zero-order valence-electron chi connectivity index (χ0n) is 44.6. The van der Waals surface area contributed by atoms with Gasteiger partial charge in [0.05, 0.1) is 0 Å². The van der Waals surface area contributed by atoms with Crippen molar-refractivity contribution >= 4 is 17.9 Å². The Morgan fingerprint density at radius 3 is 0.912 bits per heavy atom. The number of hydrogen-bond donors (Lipinski definition) is 0. The smallest absolute Gasteiger partial charge is 0.306 e. The molecule has 0 heterocycles. The number of rotatable bonds is 51. The Labute approximate surface area is 420 Å². The minimum absolute atomic E-state index is 0.0852. The normalized spacial score (nSPS) is 12.7. The molecular formula is C62H106O6. The summed E-state index contributed by atoms with van der Waals surface area (Å²) in [5.74, 6) is -0.907. The first-order chi connectivity index (χ1) is 33.5. The number of carbonyl (C=O) groups is 3. The summed E-state index contributed by atoms with van der Waals surface area (Å²) in [5, 5.41) is 0. The molecule has 0 saturated carbocycles. The van der Waals surface area contributed by atoms with E-state index in [1.807, 2.05) is 0 Å². The molecule has 0 aromatic rings. The third-order valence-electron chi connectivity index (χ3n) is 12.1. The summed E-state index contributed by atoms with van der Waals surface area (Å²) in [6, 6.07) is 0. The molecule has 0 N–H and O–H groups in total. The summed E-state index contributed by atoms with van der Waals surface area (Å²) in [7, 11) is 0. The van der Waals surface area contributed by atoms with Crippen molar-refractivity contribution in [1.82, 2.24) is 0 Å². The van der Waals surface area contributed by atoms with Crippen molar-refractivity contribution in [2.24, 2.45) is 0 Å². The van der Waals surface area contributed by atoms with Crippen LogP contribution in [0, 0.1) is 0 Å². The molecule has 390 valence electrons. The zero-order valence-corrected chi connectivity index (χ0v) is 44.6. The number of carbonyl (C=O) groups excluding carboxylic acids is 3. The van der Waals surface area contributed by atoms with Gasteiger partial charge in [0.1, 0.15) is 13.2 Å². The van der Waals surface area contributed by atoms with Gasteiger partial charge in [-0.15, -0.1) is 0 Å². The molecule has 68 heavy (non-hydrogen) atoms. The van der Waals surface area contributed by atoms with Gasteiger partial charge in [-0.2, -0.15) is 0 Å². The predicted octanol–water partition coefficient (Wildman–Crippen LogP) is 19.2. The Morgan fingerprint density at radius 1 is 0.309 bits per heavy atom. The molecular weight excluding hydrogens is 841 g/mol. The maximum Gasteiger partial charge on any atom is 0.306 e. The molecule has 0 aliphatic rings. The molecule has 0 aromatic carbocycles. The number of esters is 3. The lowest BCUT2D eigenvalue weighted by atomic mass is 10.0. The molecule has 1 unspecified atom stereocenters. The molecule has 0 bridgehead atoms. The van der Waals surface area contributed by atoms with E-state index in [2.05, 4.69) is 106 Å². The van der Waals surface area contributed by atoms with Gasteiger partial charge in [0.25, 0.3) is 0 Å². The molecule has 0 fully saturated rings. The summed E-state index contributed by atoms with van der Waals surface area (Å²) < 4.78 is 16.8. The van der Waals surface area contributed by atoms with Gasteiger partial charge in [-0.1, -0.05) is 234 Å². The summed E-state index contributed by atoms with van der Waals surface area (Å²) in [5.41, 5.74) is 0. The monoisotopic (exact) mass is 947 g/mol. The molecule has 0 aromatic heterocycles. The fourth-order valence-electron chi connectivity index (χ4n) is 7.78. The van der Waals surface area contributed by atoms with Gasteiger partial charge < -0.3 is 14.2 Å². The average Bonchev–Trinajstić information content (AvgIpc) is 3.34. The highest BCUT2D eigenvalue weighted by molar-refractivity contribution is 5.71. The predicted molar refractivity (Wildman–Crippen MR) is 293 cm³/mol. The van der Waals surface area contributed by atoms with Gasteiger partial charge in [-0.25, -0.2) is 0 Å². The van der Waals surface area contributed by atoms with E-state index in [1.165, 1.54) is 116 Å². The maximum absolute atomic E-state index is 12.8.